The van der Waals surface area contributed by atoms with E-state index in [1.807, 2.05) is 18.2 Å². The fourth-order valence-corrected chi connectivity index (χ4v) is 4.09. The predicted octanol–water partition coefficient (Wildman–Crippen LogP) is 3.37. The van der Waals surface area contributed by atoms with Crippen LogP contribution >= 0.6 is 0 Å². The fraction of sp³-hybridized carbons (Fsp3) is 0.591. The van der Waals surface area contributed by atoms with Crippen molar-refractivity contribution in [1.82, 2.24) is 5.32 Å². The second kappa shape index (κ2) is 8.68. The molecule has 0 aromatic heterocycles. The summed E-state index contributed by atoms with van der Waals surface area (Å²) < 4.78 is 0. The molecule has 5 nitrogen and oxygen atoms in total. The average Bonchev–Trinajstić information content (AvgIpc) is 2.84. The van der Waals surface area contributed by atoms with Crippen LogP contribution in [0, 0.1) is 11.8 Å². The third-order valence-corrected chi connectivity index (χ3v) is 6.01. The van der Waals surface area contributed by atoms with E-state index in [0.717, 1.165) is 24.7 Å². The largest absolute Gasteiger partial charge is 0.371 e. The summed E-state index contributed by atoms with van der Waals surface area (Å²) in [4.78, 5) is 38.7. The number of nitrogens with zero attached hydrogens (tertiary/aromatic N) is 1. The van der Waals surface area contributed by atoms with Crippen molar-refractivity contribution >= 4 is 23.2 Å². The number of ketones is 2. The lowest BCUT2D eigenvalue weighted by molar-refractivity contribution is -0.122. The van der Waals surface area contributed by atoms with E-state index in [2.05, 4.69) is 24.1 Å². The molecule has 1 N–H and O–H groups in total. The van der Waals surface area contributed by atoms with E-state index < -0.39 is 6.04 Å². The molecule has 1 aromatic carbocycles. The van der Waals surface area contributed by atoms with Gasteiger partial charge in [-0.1, -0.05) is 19.9 Å². The predicted molar refractivity (Wildman–Crippen MR) is 106 cm³/mol. The van der Waals surface area contributed by atoms with Crippen molar-refractivity contribution < 1.29 is 14.4 Å². The monoisotopic (exact) mass is 370 g/mol. The standard InChI is InChI=1S/C22H30N2O3/c1-15(2)16-10-12-24(13-11-16)18-5-3-4-17(14-18)22(27)23-20-8-6-19(25)7-9-21(20)26/h3-5,14-16,20H,6-13H2,1-2H3,(H,23,27). The van der Waals surface area contributed by atoms with Gasteiger partial charge in [0.15, 0.2) is 5.78 Å². The molecular weight excluding hydrogens is 340 g/mol. The molecule has 0 radical (unpaired) electrons. The van der Waals surface area contributed by atoms with Gasteiger partial charge >= 0.3 is 0 Å². The first-order chi connectivity index (χ1) is 12.9. The zero-order chi connectivity index (χ0) is 19.4. The summed E-state index contributed by atoms with van der Waals surface area (Å²) in [6.07, 6.45) is 3.66. The summed E-state index contributed by atoms with van der Waals surface area (Å²) in [7, 11) is 0. The second-order valence-electron chi connectivity index (χ2n) is 8.19. The number of carbonyl (C=O) groups is 3. The summed E-state index contributed by atoms with van der Waals surface area (Å²) in [5.41, 5.74) is 1.63. The second-order valence-corrected chi connectivity index (χ2v) is 8.19. The molecule has 1 aromatic rings. The number of amides is 1. The lowest BCUT2D eigenvalue weighted by Crippen LogP contribution is -2.40. The van der Waals surface area contributed by atoms with Crippen LogP contribution in [0.1, 0.15) is 62.7 Å². The molecule has 5 heteroatoms. The molecule has 2 fully saturated rings. The normalized spacial score (nSPS) is 22.0. The van der Waals surface area contributed by atoms with Crippen LogP contribution in [0.25, 0.3) is 0 Å². The van der Waals surface area contributed by atoms with Gasteiger partial charge in [-0.3, -0.25) is 14.4 Å². The Morgan fingerprint density at radius 3 is 2.52 bits per heavy atom. The number of hydrogen-bond acceptors (Lipinski definition) is 4. The molecule has 1 atom stereocenters. The van der Waals surface area contributed by atoms with Crippen molar-refractivity contribution in [2.75, 3.05) is 18.0 Å². The lowest BCUT2D eigenvalue weighted by Gasteiger charge is -2.35. The first kappa shape index (κ1) is 19.6. The maximum atomic E-state index is 12.7. The van der Waals surface area contributed by atoms with E-state index in [0.29, 0.717) is 30.7 Å². The quantitative estimate of drug-likeness (QED) is 0.825. The number of hydrogen-bond donors (Lipinski definition) is 1. The first-order valence-electron chi connectivity index (χ1n) is 10.1. The van der Waals surface area contributed by atoms with Crippen molar-refractivity contribution in [2.45, 2.75) is 58.4 Å². The van der Waals surface area contributed by atoms with Crippen molar-refractivity contribution in [3.63, 3.8) is 0 Å². The number of rotatable bonds is 4. The smallest absolute Gasteiger partial charge is 0.251 e. The van der Waals surface area contributed by atoms with Gasteiger partial charge in [0.1, 0.15) is 5.78 Å². The van der Waals surface area contributed by atoms with Gasteiger partial charge in [-0.2, -0.15) is 0 Å². The van der Waals surface area contributed by atoms with Gasteiger partial charge in [0.2, 0.25) is 0 Å². The highest BCUT2D eigenvalue weighted by Gasteiger charge is 2.26. The van der Waals surface area contributed by atoms with E-state index in [1.54, 1.807) is 6.07 Å². The van der Waals surface area contributed by atoms with E-state index in [4.69, 9.17) is 0 Å². The van der Waals surface area contributed by atoms with Crippen molar-refractivity contribution in [3.05, 3.63) is 29.8 Å². The van der Waals surface area contributed by atoms with Gasteiger partial charge in [-0.05, 0) is 49.3 Å². The van der Waals surface area contributed by atoms with Crippen LogP contribution in [0.5, 0.6) is 0 Å². The molecule has 27 heavy (non-hydrogen) atoms. The number of anilines is 1. The van der Waals surface area contributed by atoms with Crippen molar-refractivity contribution in [2.24, 2.45) is 11.8 Å². The first-order valence-corrected chi connectivity index (χ1v) is 10.1. The zero-order valence-electron chi connectivity index (χ0n) is 16.4. The minimum absolute atomic E-state index is 0.0406. The Balaban J connectivity index is 1.64. The Kier molecular flexibility index (Phi) is 6.30. The third-order valence-electron chi connectivity index (χ3n) is 6.01. The highest BCUT2D eigenvalue weighted by atomic mass is 16.2. The Morgan fingerprint density at radius 2 is 1.81 bits per heavy atom. The fourth-order valence-electron chi connectivity index (χ4n) is 4.09. The maximum Gasteiger partial charge on any atom is 0.251 e. The van der Waals surface area contributed by atoms with E-state index in [1.165, 1.54) is 12.8 Å². The molecule has 1 aliphatic carbocycles. The van der Waals surface area contributed by atoms with E-state index in [9.17, 15) is 14.4 Å². The molecule has 146 valence electrons. The molecule has 1 saturated carbocycles. The highest BCUT2D eigenvalue weighted by Crippen LogP contribution is 2.28. The molecule has 1 heterocycles. The molecule has 2 aliphatic rings. The SMILES string of the molecule is CC(C)C1CCN(c2cccc(C(=O)NC3CCC(=O)CCC3=O)c2)CC1. The average molecular weight is 370 g/mol. The van der Waals surface area contributed by atoms with Gasteiger partial charge < -0.3 is 10.2 Å². The van der Waals surface area contributed by atoms with Crippen molar-refractivity contribution in [3.8, 4) is 0 Å². The van der Waals surface area contributed by atoms with Gasteiger partial charge in [0.25, 0.3) is 5.91 Å². The van der Waals surface area contributed by atoms with Crippen molar-refractivity contribution in [1.29, 1.82) is 0 Å². The van der Waals surface area contributed by atoms with Crippen LogP contribution in [-0.2, 0) is 9.59 Å². The molecule has 0 bridgehead atoms. The van der Waals surface area contributed by atoms with Crippen LogP contribution in [0.4, 0.5) is 5.69 Å². The van der Waals surface area contributed by atoms with Crippen LogP contribution < -0.4 is 10.2 Å². The van der Waals surface area contributed by atoms with E-state index in [-0.39, 0.29) is 23.9 Å². The highest BCUT2D eigenvalue weighted by molar-refractivity contribution is 5.99. The summed E-state index contributed by atoms with van der Waals surface area (Å²) in [6.45, 7) is 6.59. The van der Waals surface area contributed by atoms with E-state index >= 15 is 0 Å². The number of benzene rings is 1. The lowest BCUT2D eigenvalue weighted by atomic mass is 9.86. The summed E-state index contributed by atoms with van der Waals surface area (Å²) >= 11 is 0. The topological polar surface area (TPSA) is 66.5 Å². The molecule has 1 amide bonds. The Bertz CT molecular complexity index is 705. The molecule has 1 unspecified atom stereocenters. The Labute approximate surface area is 161 Å². The number of nitrogens with one attached hydrogen (secondary N) is 1. The van der Waals surface area contributed by atoms with Crippen LogP contribution in [0.2, 0.25) is 0 Å². The Hall–Kier alpha value is -2.17. The minimum atomic E-state index is -0.547. The molecular formula is C22H30N2O3. The number of piperidine rings is 1. The van der Waals surface area contributed by atoms with Crippen LogP contribution in [0.15, 0.2) is 24.3 Å². The van der Waals surface area contributed by atoms with Gasteiger partial charge in [0, 0.05) is 43.6 Å². The van der Waals surface area contributed by atoms with Gasteiger partial charge in [-0.25, -0.2) is 0 Å². The maximum absolute atomic E-state index is 12.7. The number of Topliss-reactive ketones (excluding diaryl/α,β-unsaturated/α-hetero) is 2. The Morgan fingerprint density at radius 1 is 1.07 bits per heavy atom. The molecule has 1 saturated heterocycles. The number of carbonyl (C=O) groups excluding carboxylic acids is 3. The van der Waals surface area contributed by atoms with Crippen LogP contribution in [0.3, 0.4) is 0 Å². The van der Waals surface area contributed by atoms with Crippen LogP contribution in [-0.4, -0.2) is 36.6 Å². The summed E-state index contributed by atoms with van der Waals surface area (Å²) in [5.74, 6) is 1.32. The summed E-state index contributed by atoms with van der Waals surface area (Å²) in [6, 6.07) is 7.09. The van der Waals surface area contributed by atoms with Gasteiger partial charge in [-0.15, -0.1) is 0 Å². The summed E-state index contributed by atoms with van der Waals surface area (Å²) in [5, 5.41) is 2.84. The van der Waals surface area contributed by atoms with Gasteiger partial charge in [0.05, 0.1) is 6.04 Å². The molecule has 1 aliphatic heterocycles. The zero-order valence-corrected chi connectivity index (χ0v) is 16.4. The minimum Gasteiger partial charge on any atom is -0.371 e. The third kappa shape index (κ3) is 4.96. The molecule has 3 rings (SSSR count). The molecule has 0 spiro atoms.